The molecular formula is C21H25N7O. The van der Waals surface area contributed by atoms with Crippen molar-refractivity contribution in [3.8, 4) is 0 Å². The summed E-state index contributed by atoms with van der Waals surface area (Å²) in [5.74, 6) is 0. The van der Waals surface area contributed by atoms with Gasteiger partial charge in [-0.3, -0.25) is 5.10 Å². The molecule has 1 aromatic carbocycles. The van der Waals surface area contributed by atoms with Crippen LogP contribution in [0.15, 0.2) is 36.7 Å². The van der Waals surface area contributed by atoms with Crippen molar-refractivity contribution in [1.29, 1.82) is 0 Å². The lowest BCUT2D eigenvalue weighted by molar-refractivity contribution is 0.206. The van der Waals surface area contributed by atoms with Crippen molar-refractivity contribution in [3.63, 3.8) is 0 Å². The van der Waals surface area contributed by atoms with E-state index in [0.29, 0.717) is 13.1 Å². The maximum absolute atomic E-state index is 12.8. The second-order valence-corrected chi connectivity index (χ2v) is 7.83. The molecule has 2 aromatic heterocycles. The van der Waals surface area contributed by atoms with E-state index in [1.807, 2.05) is 29.4 Å². The first-order valence-electron chi connectivity index (χ1n) is 10.1. The van der Waals surface area contributed by atoms with Crippen LogP contribution >= 0.6 is 0 Å². The van der Waals surface area contributed by atoms with Gasteiger partial charge in [0.15, 0.2) is 5.65 Å². The molecule has 1 fully saturated rings. The monoisotopic (exact) mass is 391 g/mol. The number of hydrogen-bond donors (Lipinski definition) is 2. The molecule has 2 aliphatic heterocycles. The second-order valence-electron chi connectivity index (χ2n) is 7.83. The number of urea groups is 1. The Hall–Kier alpha value is -3.13. The highest BCUT2D eigenvalue weighted by Crippen LogP contribution is 2.25. The molecule has 0 unspecified atom stereocenters. The van der Waals surface area contributed by atoms with Crippen LogP contribution in [0.3, 0.4) is 0 Å². The predicted molar refractivity (Wildman–Crippen MR) is 113 cm³/mol. The zero-order valence-electron chi connectivity index (χ0n) is 16.6. The van der Waals surface area contributed by atoms with E-state index in [2.05, 4.69) is 49.5 Å². The van der Waals surface area contributed by atoms with Gasteiger partial charge in [-0.25, -0.2) is 9.78 Å². The van der Waals surface area contributed by atoms with Gasteiger partial charge < -0.3 is 20.0 Å². The number of carbonyl (C=O) groups is 1. The third kappa shape index (κ3) is 3.51. The summed E-state index contributed by atoms with van der Waals surface area (Å²) in [4.78, 5) is 23.7. The minimum atomic E-state index is -0.0738. The highest BCUT2D eigenvalue weighted by molar-refractivity contribution is 5.90. The fourth-order valence-electron chi connectivity index (χ4n) is 4.15. The molecule has 8 heteroatoms. The van der Waals surface area contributed by atoms with Gasteiger partial charge in [-0.1, -0.05) is 0 Å². The summed E-state index contributed by atoms with van der Waals surface area (Å²) < 4.78 is 0. The summed E-state index contributed by atoms with van der Waals surface area (Å²) in [6.45, 7) is 5.47. The summed E-state index contributed by atoms with van der Waals surface area (Å²) in [6, 6.07) is 8.08. The number of carbonyl (C=O) groups excluding carboxylic acids is 1. The van der Waals surface area contributed by atoms with Crippen LogP contribution in [0.4, 0.5) is 16.2 Å². The number of piperazine rings is 1. The molecule has 0 radical (unpaired) electrons. The Balaban J connectivity index is 1.24. The third-order valence-corrected chi connectivity index (χ3v) is 5.95. The molecule has 0 spiro atoms. The fourth-order valence-corrected chi connectivity index (χ4v) is 4.15. The van der Waals surface area contributed by atoms with Crippen LogP contribution in [0, 0.1) is 0 Å². The lowest BCUT2D eigenvalue weighted by atomic mass is 9.99. The van der Waals surface area contributed by atoms with Gasteiger partial charge in [0.05, 0.1) is 6.20 Å². The van der Waals surface area contributed by atoms with Gasteiger partial charge in [0.2, 0.25) is 0 Å². The second kappa shape index (κ2) is 7.36. The van der Waals surface area contributed by atoms with Gasteiger partial charge in [-0.2, -0.15) is 5.10 Å². The maximum Gasteiger partial charge on any atom is 0.322 e. The summed E-state index contributed by atoms with van der Waals surface area (Å²) in [5.41, 5.74) is 5.16. The Labute approximate surface area is 169 Å². The quantitative estimate of drug-likeness (QED) is 0.701. The zero-order valence-corrected chi connectivity index (χ0v) is 16.6. The number of amides is 2. The molecule has 4 heterocycles. The Bertz CT molecular complexity index is 1020. The summed E-state index contributed by atoms with van der Waals surface area (Å²) >= 11 is 0. The molecule has 2 N–H and O–H groups in total. The normalized spacial score (nSPS) is 17.4. The van der Waals surface area contributed by atoms with Gasteiger partial charge >= 0.3 is 6.03 Å². The molecule has 0 saturated carbocycles. The number of benzene rings is 1. The van der Waals surface area contributed by atoms with Crippen LogP contribution in [-0.2, 0) is 13.0 Å². The first kappa shape index (κ1) is 17.9. The van der Waals surface area contributed by atoms with Crippen molar-refractivity contribution < 1.29 is 4.79 Å². The van der Waals surface area contributed by atoms with Crippen molar-refractivity contribution in [1.82, 2.24) is 25.0 Å². The molecule has 3 aromatic rings. The number of hydrogen-bond acceptors (Lipinski definition) is 5. The number of anilines is 2. The number of likely N-dealkylation sites (N-methyl/N-ethyl adjacent to an activating group) is 1. The van der Waals surface area contributed by atoms with Crippen LogP contribution in [0.1, 0.15) is 11.1 Å². The molecule has 8 nitrogen and oxygen atoms in total. The van der Waals surface area contributed by atoms with Crippen LogP contribution in [0.25, 0.3) is 11.0 Å². The highest BCUT2D eigenvalue weighted by atomic mass is 16.2. The largest absolute Gasteiger partial charge is 0.369 e. The number of pyridine rings is 1. The van der Waals surface area contributed by atoms with Crippen molar-refractivity contribution in [2.75, 3.05) is 50.0 Å². The number of rotatable bonds is 2. The first-order valence-corrected chi connectivity index (χ1v) is 10.1. The van der Waals surface area contributed by atoms with Crippen molar-refractivity contribution >= 4 is 28.4 Å². The number of nitrogens with one attached hydrogen (secondary N) is 2. The molecular weight excluding hydrogens is 366 g/mol. The standard InChI is InChI=1S/C21H25N7O/c1-26-8-10-27(11-9-26)17-4-2-16(3-5-17)24-21(29)28-7-6-18-15(14-28)12-22-20-19(18)13-23-25-20/h2-5,12-13H,6-11,14H2,1H3,(H,24,29)(H,22,23,25). The zero-order chi connectivity index (χ0) is 19.8. The number of aromatic amines is 1. The van der Waals surface area contributed by atoms with E-state index in [9.17, 15) is 4.79 Å². The molecule has 150 valence electrons. The Morgan fingerprint density at radius 3 is 2.66 bits per heavy atom. The van der Waals surface area contributed by atoms with Crippen LogP contribution in [0.5, 0.6) is 0 Å². The molecule has 0 aliphatic carbocycles. The van der Waals surface area contributed by atoms with E-state index < -0.39 is 0 Å². The molecule has 5 rings (SSSR count). The van der Waals surface area contributed by atoms with Crippen molar-refractivity contribution in [2.24, 2.45) is 0 Å². The summed E-state index contributed by atoms with van der Waals surface area (Å²) in [7, 11) is 2.16. The number of H-pyrrole nitrogens is 1. The molecule has 2 amide bonds. The molecule has 0 bridgehead atoms. The smallest absolute Gasteiger partial charge is 0.322 e. The van der Waals surface area contributed by atoms with E-state index in [0.717, 1.165) is 54.9 Å². The fraction of sp³-hybridized carbons (Fsp3) is 0.381. The minimum Gasteiger partial charge on any atom is -0.369 e. The third-order valence-electron chi connectivity index (χ3n) is 5.95. The van der Waals surface area contributed by atoms with Crippen molar-refractivity contribution in [3.05, 3.63) is 47.8 Å². The van der Waals surface area contributed by atoms with Gasteiger partial charge in [0.1, 0.15) is 0 Å². The maximum atomic E-state index is 12.8. The van der Waals surface area contributed by atoms with E-state index in [4.69, 9.17) is 0 Å². The molecule has 1 saturated heterocycles. The first-order chi connectivity index (χ1) is 14.2. The number of aromatic nitrogens is 3. The van der Waals surface area contributed by atoms with Gasteiger partial charge in [-0.15, -0.1) is 0 Å². The number of fused-ring (bicyclic) bond motifs is 3. The highest BCUT2D eigenvalue weighted by Gasteiger charge is 2.23. The van der Waals surface area contributed by atoms with E-state index in [1.165, 1.54) is 11.3 Å². The van der Waals surface area contributed by atoms with Gasteiger partial charge in [0.25, 0.3) is 0 Å². The van der Waals surface area contributed by atoms with E-state index in [-0.39, 0.29) is 6.03 Å². The minimum absolute atomic E-state index is 0.0738. The van der Waals surface area contributed by atoms with Crippen LogP contribution in [0.2, 0.25) is 0 Å². The van der Waals surface area contributed by atoms with E-state index >= 15 is 0 Å². The van der Waals surface area contributed by atoms with E-state index in [1.54, 1.807) is 0 Å². The SMILES string of the molecule is CN1CCN(c2ccc(NC(=O)N3CCc4c(cnc5[nH]ncc45)C3)cc2)CC1. The van der Waals surface area contributed by atoms with Crippen LogP contribution in [-0.4, -0.2) is 70.8 Å². The van der Waals surface area contributed by atoms with Gasteiger partial charge in [0, 0.05) is 62.2 Å². The van der Waals surface area contributed by atoms with Gasteiger partial charge in [-0.05, 0) is 48.9 Å². The Kier molecular flexibility index (Phi) is 4.55. The van der Waals surface area contributed by atoms with Crippen LogP contribution < -0.4 is 10.2 Å². The van der Waals surface area contributed by atoms with Crippen molar-refractivity contribution in [2.45, 2.75) is 13.0 Å². The Morgan fingerprint density at radius 2 is 1.86 bits per heavy atom. The Morgan fingerprint density at radius 1 is 1.07 bits per heavy atom. The average Bonchev–Trinajstić information content (AvgIpc) is 3.24. The summed E-state index contributed by atoms with van der Waals surface area (Å²) in [5, 5.41) is 11.1. The molecule has 2 aliphatic rings. The topological polar surface area (TPSA) is 80.4 Å². The predicted octanol–water partition coefficient (Wildman–Crippen LogP) is 2.30. The lowest BCUT2D eigenvalue weighted by Gasteiger charge is -2.34. The molecule has 29 heavy (non-hydrogen) atoms. The number of nitrogens with zero attached hydrogens (tertiary/aromatic N) is 5. The average molecular weight is 391 g/mol. The summed E-state index contributed by atoms with van der Waals surface area (Å²) in [6.07, 6.45) is 4.47. The molecule has 0 atom stereocenters. The lowest BCUT2D eigenvalue weighted by Crippen LogP contribution is -2.44.